The molecule has 2 aliphatic heterocycles. The highest BCUT2D eigenvalue weighted by atomic mass is 28.3. The average molecular weight is 548 g/mol. The molecule has 2 aromatic heterocycles. The zero-order valence-electron chi connectivity index (χ0n) is 23.1. The number of benzene rings is 1. The van der Waals surface area contributed by atoms with Crippen LogP contribution in [-0.4, -0.2) is 40.4 Å². The second kappa shape index (κ2) is 8.89. The van der Waals surface area contributed by atoms with Gasteiger partial charge in [-0.1, -0.05) is 31.8 Å². The number of carbonyl (C=O) groups excluding carboxylic acids is 2. The van der Waals surface area contributed by atoms with E-state index < -0.39 is 31.3 Å². The van der Waals surface area contributed by atoms with Gasteiger partial charge in [0.05, 0.1) is 34.7 Å². The molecule has 1 atom stereocenters. The number of aromatic nitrogens is 2. The van der Waals surface area contributed by atoms with Gasteiger partial charge < -0.3 is 19.1 Å². The van der Waals surface area contributed by atoms with Crippen molar-refractivity contribution in [2.45, 2.75) is 71.6 Å². The lowest BCUT2D eigenvalue weighted by Crippen LogP contribution is -2.44. The summed E-state index contributed by atoms with van der Waals surface area (Å²) in [4.78, 5) is 43.8. The van der Waals surface area contributed by atoms with Crippen molar-refractivity contribution >= 4 is 41.9 Å². The first kappa shape index (κ1) is 26.8. The first-order valence-electron chi connectivity index (χ1n) is 13.0. The minimum Gasteiger partial charge on any atom is -0.458 e. The van der Waals surface area contributed by atoms with E-state index in [1.807, 2.05) is 23.9 Å². The van der Waals surface area contributed by atoms with Crippen molar-refractivity contribution < 1.29 is 24.2 Å². The van der Waals surface area contributed by atoms with Crippen molar-refractivity contribution in [3.63, 3.8) is 0 Å². The first-order chi connectivity index (χ1) is 18.2. The number of anilines is 1. The van der Waals surface area contributed by atoms with E-state index >= 15 is 0 Å². The van der Waals surface area contributed by atoms with E-state index in [1.54, 1.807) is 38.3 Å². The van der Waals surface area contributed by atoms with Gasteiger partial charge in [0.15, 0.2) is 5.60 Å². The number of esters is 1. The molecule has 0 spiro atoms. The summed E-state index contributed by atoms with van der Waals surface area (Å²) >= 11 is 0. The summed E-state index contributed by atoms with van der Waals surface area (Å²) < 4.78 is 12.2. The highest BCUT2D eigenvalue weighted by molar-refractivity contribution is 6.95. The van der Waals surface area contributed by atoms with Crippen LogP contribution in [0.25, 0.3) is 22.3 Å². The quantitative estimate of drug-likeness (QED) is 0.292. The van der Waals surface area contributed by atoms with Gasteiger partial charge in [0.1, 0.15) is 20.3 Å². The molecule has 2 aliphatic rings. The molecule has 5 rings (SSSR count). The number of aliphatic hydroxyl groups is 1. The van der Waals surface area contributed by atoms with E-state index in [1.165, 1.54) is 0 Å². The van der Waals surface area contributed by atoms with Gasteiger partial charge in [0.25, 0.3) is 5.56 Å². The third kappa shape index (κ3) is 4.27. The van der Waals surface area contributed by atoms with Gasteiger partial charge in [-0.25, -0.2) is 14.6 Å². The van der Waals surface area contributed by atoms with E-state index in [2.05, 4.69) is 25.0 Å². The smallest absolute Gasteiger partial charge is 0.412 e. The number of carbonyl (C=O) groups is 2. The molecule has 0 saturated carbocycles. The Morgan fingerprint density at radius 2 is 2.03 bits per heavy atom. The van der Waals surface area contributed by atoms with Gasteiger partial charge in [-0.05, 0) is 50.6 Å². The molecule has 9 nitrogen and oxygen atoms in total. The molecule has 3 aromatic rings. The van der Waals surface area contributed by atoms with E-state index in [0.29, 0.717) is 22.6 Å². The van der Waals surface area contributed by atoms with Crippen LogP contribution in [0.1, 0.15) is 50.8 Å². The second-order valence-corrected chi connectivity index (χ2v) is 16.1. The molecular formula is C29H33N3O6Si. The van der Waals surface area contributed by atoms with Gasteiger partial charge in [0, 0.05) is 16.5 Å². The first-order valence-corrected chi connectivity index (χ1v) is 16.1. The molecule has 0 unspecified atom stereocenters. The molecule has 4 heterocycles. The summed E-state index contributed by atoms with van der Waals surface area (Å²) in [7, 11) is -2.13. The molecule has 0 aliphatic carbocycles. The van der Waals surface area contributed by atoms with Crippen LogP contribution >= 0.6 is 0 Å². The number of nitrogens with one attached hydrogen (secondary N) is 1. The molecule has 0 saturated heterocycles. The van der Waals surface area contributed by atoms with Crippen LogP contribution in [0.3, 0.4) is 0 Å². The highest BCUT2D eigenvalue weighted by Gasteiger charge is 2.45. The van der Waals surface area contributed by atoms with Crippen LogP contribution in [0, 0.1) is 0 Å². The van der Waals surface area contributed by atoms with Crippen LogP contribution in [0.15, 0.2) is 41.3 Å². The number of ether oxygens (including phenoxy) is 2. The summed E-state index contributed by atoms with van der Waals surface area (Å²) in [6, 6.07) is 7.46. The van der Waals surface area contributed by atoms with Gasteiger partial charge in [0.2, 0.25) is 0 Å². The maximum atomic E-state index is 13.5. The number of amides is 1. The van der Waals surface area contributed by atoms with Crippen LogP contribution in [0.2, 0.25) is 13.1 Å². The molecule has 0 fully saturated rings. The Hall–Kier alpha value is -3.76. The molecule has 1 aromatic carbocycles. The minimum atomic E-state index is -2.13. The Bertz CT molecular complexity index is 1630. The number of cyclic esters (lactones) is 1. The topological polar surface area (TPSA) is 120 Å². The lowest BCUT2D eigenvalue weighted by atomic mass is 9.86. The monoisotopic (exact) mass is 547 g/mol. The number of hydrogen-bond donors (Lipinski definition) is 2. The number of hydrogen-bond acceptors (Lipinski definition) is 7. The minimum absolute atomic E-state index is 0.0721. The molecule has 2 N–H and O–H groups in total. The standard InChI is InChI=1S/C29H33N3O6Si/c1-8-29(36)19-13-21-23-16(14-32(21)25(33)18(19)15-37-26(29)34)12-17-20(30-27(35)38-28(3,4)5)10-11-22(24(17)31-23)39(6,7)9-2/h9-13,36H,2,8,14-15H2,1,3-7H3,(H,30,35)/t29-/m0/s1. The fourth-order valence-corrected chi connectivity index (χ4v) is 6.75. The Labute approximate surface area is 227 Å². The highest BCUT2D eigenvalue weighted by Crippen LogP contribution is 2.39. The molecule has 204 valence electrons. The summed E-state index contributed by atoms with van der Waals surface area (Å²) in [5.41, 5.74) is 2.81. The second-order valence-electron chi connectivity index (χ2n) is 11.7. The van der Waals surface area contributed by atoms with Crippen LogP contribution in [-0.2, 0) is 33.0 Å². The summed E-state index contributed by atoms with van der Waals surface area (Å²) in [6.45, 7) is 15.5. The fraction of sp³-hybridized carbons (Fsp3) is 0.379. The fourth-order valence-electron chi connectivity index (χ4n) is 5.22. The molecule has 0 bridgehead atoms. The number of pyridine rings is 2. The predicted octanol–water partition coefficient (Wildman–Crippen LogP) is 4.07. The predicted molar refractivity (Wildman–Crippen MR) is 152 cm³/mol. The summed E-state index contributed by atoms with van der Waals surface area (Å²) in [5.74, 6) is -0.759. The molecule has 0 radical (unpaired) electrons. The lowest BCUT2D eigenvalue weighted by Gasteiger charge is -2.31. The number of nitrogens with zero attached hydrogens (tertiary/aromatic N) is 2. The molecular weight excluding hydrogens is 514 g/mol. The van der Waals surface area contributed by atoms with Crippen LogP contribution in [0.4, 0.5) is 10.5 Å². The Morgan fingerprint density at radius 1 is 1.31 bits per heavy atom. The summed E-state index contributed by atoms with van der Waals surface area (Å²) in [6.07, 6.45) is -0.504. The maximum Gasteiger partial charge on any atom is 0.412 e. The Balaban J connectivity index is 1.74. The van der Waals surface area contributed by atoms with Crippen molar-refractivity contribution in [2.75, 3.05) is 5.32 Å². The van der Waals surface area contributed by atoms with Crippen LogP contribution in [0.5, 0.6) is 0 Å². The molecule has 1 amide bonds. The molecule has 10 heteroatoms. The van der Waals surface area contributed by atoms with Crippen molar-refractivity contribution in [3.05, 3.63) is 63.6 Å². The van der Waals surface area contributed by atoms with Gasteiger partial charge in [-0.3, -0.25) is 10.1 Å². The van der Waals surface area contributed by atoms with E-state index in [-0.39, 0.29) is 36.3 Å². The van der Waals surface area contributed by atoms with Gasteiger partial charge in [-0.15, -0.1) is 6.58 Å². The third-order valence-electron chi connectivity index (χ3n) is 7.52. The summed E-state index contributed by atoms with van der Waals surface area (Å²) in [5, 5.41) is 15.8. The van der Waals surface area contributed by atoms with Crippen molar-refractivity contribution in [2.24, 2.45) is 0 Å². The Morgan fingerprint density at radius 3 is 2.67 bits per heavy atom. The largest absolute Gasteiger partial charge is 0.458 e. The van der Waals surface area contributed by atoms with Gasteiger partial charge >= 0.3 is 12.1 Å². The van der Waals surface area contributed by atoms with Crippen molar-refractivity contribution in [1.82, 2.24) is 9.55 Å². The Kier molecular flexibility index (Phi) is 6.11. The van der Waals surface area contributed by atoms with Crippen LogP contribution < -0.4 is 16.1 Å². The van der Waals surface area contributed by atoms with E-state index in [4.69, 9.17) is 14.5 Å². The van der Waals surface area contributed by atoms with E-state index in [0.717, 1.165) is 16.1 Å². The van der Waals surface area contributed by atoms with E-state index in [9.17, 15) is 19.5 Å². The zero-order chi connectivity index (χ0) is 28.5. The van der Waals surface area contributed by atoms with Gasteiger partial charge in [-0.2, -0.15) is 0 Å². The average Bonchev–Trinajstić information content (AvgIpc) is 3.22. The number of fused-ring (bicyclic) bond motifs is 5. The third-order valence-corrected chi connectivity index (χ3v) is 10.3. The number of rotatable bonds is 4. The lowest BCUT2D eigenvalue weighted by molar-refractivity contribution is -0.172. The van der Waals surface area contributed by atoms with Crippen molar-refractivity contribution in [1.29, 1.82) is 0 Å². The SMILES string of the molecule is C=C[Si](C)(C)c1ccc(NC(=O)OC(C)(C)C)c2cc3c(nc12)-c1cc2c(c(=O)n1C3)COC(=O)[C@]2(O)CC. The maximum absolute atomic E-state index is 13.5. The normalized spacial score (nSPS) is 18.2. The molecule has 39 heavy (non-hydrogen) atoms. The van der Waals surface area contributed by atoms with Crippen molar-refractivity contribution in [3.8, 4) is 11.4 Å². The zero-order valence-corrected chi connectivity index (χ0v) is 24.1.